The Balaban J connectivity index is 2.56. The minimum absolute atomic E-state index is 0.0524. The first-order valence-corrected chi connectivity index (χ1v) is 6.73. The highest BCUT2D eigenvalue weighted by Crippen LogP contribution is 2.41. The maximum atomic E-state index is 12.0. The molecular formula is C15H19NO5. The number of carboxylic acids is 1. The van der Waals surface area contributed by atoms with Crippen LogP contribution in [0.3, 0.4) is 0 Å². The first-order valence-electron chi connectivity index (χ1n) is 6.73. The molecule has 0 aromatic heterocycles. The number of rotatable bonds is 5. The van der Waals surface area contributed by atoms with Crippen LogP contribution in [0.15, 0.2) is 18.2 Å². The van der Waals surface area contributed by atoms with Crippen LogP contribution in [0.2, 0.25) is 0 Å². The summed E-state index contributed by atoms with van der Waals surface area (Å²) < 4.78 is 5.03. The molecule has 114 valence electrons. The number of phenols is 1. The fourth-order valence-corrected chi connectivity index (χ4v) is 2.62. The zero-order valence-corrected chi connectivity index (χ0v) is 12.3. The number of amides is 1. The van der Waals surface area contributed by atoms with E-state index in [1.54, 1.807) is 0 Å². The summed E-state index contributed by atoms with van der Waals surface area (Å²) in [6.07, 6.45) is 1.61. The average molecular weight is 293 g/mol. The van der Waals surface area contributed by atoms with Crippen molar-refractivity contribution in [3.63, 3.8) is 0 Å². The topological polar surface area (TPSA) is 87.1 Å². The van der Waals surface area contributed by atoms with Gasteiger partial charge in [-0.1, -0.05) is 6.07 Å². The average Bonchev–Trinajstić information content (AvgIpc) is 3.23. The Morgan fingerprint density at radius 2 is 2.00 bits per heavy atom. The molecule has 6 heteroatoms. The van der Waals surface area contributed by atoms with Crippen molar-refractivity contribution in [2.24, 2.45) is 0 Å². The largest absolute Gasteiger partial charge is 0.504 e. The molecule has 0 bridgehead atoms. The van der Waals surface area contributed by atoms with E-state index in [0.29, 0.717) is 5.56 Å². The standard InChI is InChI=1S/C15H19NO5/c1-9(17)16(11-5-6-11)15(2,14(19)20)10-4-7-12(18)13(8-10)21-3/h4,7-8,11,18H,5-6H2,1-3H3,(H,19,20). The summed E-state index contributed by atoms with van der Waals surface area (Å²) in [6, 6.07) is 4.29. The zero-order valence-electron chi connectivity index (χ0n) is 12.3. The maximum Gasteiger partial charge on any atom is 0.334 e. The van der Waals surface area contributed by atoms with E-state index in [4.69, 9.17) is 4.74 Å². The van der Waals surface area contributed by atoms with Gasteiger partial charge in [0.2, 0.25) is 5.91 Å². The van der Waals surface area contributed by atoms with E-state index < -0.39 is 11.5 Å². The summed E-state index contributed by atoms with van der Waals surface area (Å²) in [5.74, 6) is -1.29. The van der Waals surface area contributed by atoms with Crippen molar-refractivity contribution in [3.8, 4) is 11.5 Å². The molecule has 1 aliphatic rings. The van der Waals surface area contributed by atoms with Crippen LogP contribution in [0.4, 0.5) is 0 Å². The summed E-state index contributed by atoms with van der Waals surface area (Å²) >= 11 is 0. The minimum atomic E-state index is -1.49. The van der Waals surface area contributed by atoms with Crippen molar-refractivity contribution < 1.29 is 24.5 Å². The molecule has 6 nitrogen and oxygen atoms in total. The van der Waals surface area contributed by atoms with Gasteiger partial charge in [-0.05, 0) is 37.5 Å². The van der Waals surface area contributed by atoms with Gasteiger partial charge >= 0.3 is 5.97 Å². The highest BCUT2D eigenvalue weighted by molar-refractivity contribution is 5.87. The quantitative estimate of drug-likeness (QED) is 0.863. The lowest BCUT2D eigenvalue weighted by atomic mass is 9.89. The fourth-order valence-electron chi connectivity index (χ4n) is 2.62. The van der Waals surface area contributed by atoms with Gasteiger partial charge < -0.3 is 19.8 Å². The number of hydrogen-bond donors (Lipinski definition) is 2. The monoisotopic (exact) mass is 293 g/mol. The van der Waals surface area contributed by atoms with E-state index in [9.17, 15) is 19.8 Å². The van der Waals surface area contributed by atoms with Gasteiger partial charge in [0.25, 0.3) is 0 Å². The van der Waals surface area contributed by atoms with Crippen molar-refractivity contribution in [2.75, 3.05) is 7.11 Å². The molecule has 0 saturated heterocycles. The second-order valence-corrected chi connectivity index (χ2v) is 5.38. The molecule has 0 heterocycles. The third kappa shape index (κ3) is 2.53. The number of benzene rings is 1. The summed E-state index contributed by atoms with van der Waals surface area (Å²) in [5.41, 5.74) is -1.10. The van der Waals surface area contributed by atoms with Crippen LogP contribution in [0, 0.1) is 0 Å². The molecule has 0 aliphatic heterocycles. The Morgan fingerprint density at radius 1 is 1.38 bits per heavy atom. The molecule has 0 spiro atoms. The number of aliphatic carboxylic acids is 1. The maximum absolute atomic E-state index is 12.0. The number of phenolic OH excluding ortho intramolecular Hbond substituents is 1. The van der Waals surface area contributed by atoms with E-state index in [1.807, 2.05) is 0 Å². The van der Waals surface area contributed by atoms with E-state index in [2.05, 4.69) is 0 Å². The van der Waals surface area contributed by atoms with Crippen LogP contribution in [-0.2, 0) is 15.1 Å². The van der Waals surface area contributed by atoms with Gasteiger partial charge in [-0.25, -0.2) is 4.79 Å². The van der Waals surface area contributed by atoms with Gasteiger partial charge in [0.1, 0.15) is 0 Å². The van der Waals surface area contributed by atoms with Gasteiger partial charge in [-0.15, -0.1) is 0 Å². The smallest absolute Gasteiger partial charge is 0.334 e. The minimum Gasteiger partial charge on any atom is -0.504 e. The molecule has 0 radical (unpaired) electrons. The number of ether oxygens (including phenoxy) is 1. The number of nitrogens with zero attached hydrogens (tertiary/aromatic N) is 1. The van der Waals surface area contributed by atoms with Crippen LogP contribution < -0.4 is 4.74 Å². The first kappa shape index (κ1) is 15.2. The Kier molecular flexibility index (Phi) is 3.80. The molecule has 1 unspecified atom stereocenters. The van der Waals surface area contributed by atoms with Gasteiger partial charge in [-0.3, -0.25) is 4.79 Å². The number of carboxylic acid groups (broad SMARTS) is 1. The third-order valence-corrected chi connectivity index (χ3v) is 3.89. The molecule has 21 heavy (non-hydrogen) atoms. The fraction of sp³-hybridized carbons (Fsp3) is 0.467. The molecular weight excluding hydrogens is 274 g/mol. The van der Waals surface area contributed by atoms with Crippen molar-refractivity contribution in [2.45, 2.75) is 38.3 Å². The van der Waals surface area contributed by atoms with Crippen LogP contribution in [0.5, 0.6) is 11.5 Å². The summed E-state index contributed by atoms with van der Waals surface area (Å²) in [5, 5.41) is 19.4. The normalized spacial score (nSPS) is 16.9. The molecule has 2 rings (SSSR count). The molecule has 1 fully saturated rings. The van der Waals surface area contributed by atoms with Crippen LogP contribution in [0.25, 0.3) is 0 Å². The molecule has 1 amide bonds. The Morgan fingerprint density at radius 3 is 2.43 bits per heavy atom. The predicted molar refractivity (Wildman–Crippen MR) is 75.2 cm³/mol. The lowest BCUT2D eigenvalue weighted by Gasteiger charge is -2.38. The molecule has 2 N–H and O–H groups in total. The number of carbonyl (C=O) groups excluding carboxylic acids is 1. The lowest BCUT2D eigenvalue weighted by molar-refractivity contribution is -0.159. The van der Waals surface area contributed by atoms with E-state index >= 15 is 0 Å². The van der Waals surface area contributed by atoms with Gasteiger partial charge in [0.05, 0.1) is 7.11 Å². The number of carbonyl (C=O) groups is 2. The Hall–Kier alpha value is -2.24. The Bertz CT molecular complexity index is 581. The number of methoxy groups -OCH3 is 1. The lowest BCUT2D eigenvalue weighted by Crippen LogP contribution is -2.53. The molecule has 1 aliphatic carbocycles. The summed E-state index contributed by atoms with van der Waals surface area (Å²) in [4.78, 5) is 25.2. The van der Waals surface area contributed by atoms with Gasteiger partial charge in [0.15, 0.2) is 17.0 Å². The number of aromatic hydroxyl groups is 1. The van der Waals surface area contributed by atoms with E-state index in [-0.39, 0.29) is 23.4 Å². The van der Waals surface area contributed by atoms with Crippen molar-refractivity contribution in [1.82, 2.24) is 4.90 Å². The summed E-state index contributed by atoms with van der Waals surface area (Å²) in [6.45, 7) is 2.87. The van der Waals surface area contributed by atoms with E-state index in [1.165, 1.54) is 44.1 Å². The van der Waals surface area contributed by atoms with Crippen molar-refractivity contribution in [1.29, 1.82) is 0 Å². The Labute approximate surface area is 122 Å². The molecule has 1 aromatic rings. The first-order chi connectivity index (χ1) is 9.82. The van der Waals surface area contributed by atoms with Gasteiger partial charge in [0, 0.05) is 13.0 Å². The van der Waals surface area contributed by atoms with Crippen molar-refractivity contribution in [3.05, 3.63) is 23.8 Å². The second kappa shape index (κ2) is 5.27. The predicted octanol–water partition coefficient (Wildman–Crippen LogP) is 1.71. The SMILES string of the molecule is COc1cc(C(C)(C(=O)O)N(C(C)=O)C2CC2)ccc1O. The zero-order chi connectivity index (χ0) is 15.8. The number of hydrogen-bond acceptors (Lipinski definition) is 4. The molecule has 1 aromatic carbocycles. The van der Waals surface area contributed by atoms with Crippen LogP contribution in [0.1, 0.15) is 32.3 Å². The van der Waals surface area contributed by atoms with Crippen molar-refractivity contribution >= 4 is 11.9 Å². The van der Waals surface area contributed by atoms with Crippen LogP contribution >= 0.6 is 0 Å². The summed E-state index contributed by atoms with van der Waals surface area (Å²) in [7, 11) is 1.39. The van der Waals surface area contributed by atoms with Crippen LogP contribution in [-0.4, -0.2) is 40.1 Å². The van der Waals surface area contributed by atoms with E-state index in [0.717, 1.165) is 12.8 Å². The second-order valence-electron chi connectivity index (χ2n) is 5.38. The third-order valence-electron chi connectivity index (χ3n) is 3.89. The molecule has 1 atom stereocenters. The highest BCUT2D eigenvalue weighted by atomic mass is 16.5. The highest BCUT2D eigenvalue weighted by Gasteiger charge is 2.49. The molecule has 1 saturated carbocycles. The van der Waals surface area contributed by atoms with Gasteiger partial charge in [-0.2, -0.15) is 0 Å².